The summed E-state index contributed by atoms with van der Waals surface area (Å²) in [5.74, 6) is 0. The molecule has 2 aromatic carbocycles. The van der Waals surface area contributed by atoms with E-state index in [9.17, 15) is 0 Å². The van der Waals surface area contributed by atoms with Crippen LogP contribution in [0.2, 0.25) is 0 Å². The average molecular weight is 192 g/mol. The monoisotopic (exact) mass is 192 g/mol. The van der Waals surface area contributed by atoms with Gasteiger partial charge in [-0.1, -0.05) is 12.1 Å². The molecule has 0 saturated carbocycles. The molecule has 0 amide bonds. The maximum absolute atomic E-state index is 4.24. The van der Waals surface area contributed by atoms with E-state index in [0.717, 1.165) is 4.90 Å². The molecule has 0 nitrogen and oxygen atoms in total. The molecule has 2 aromatic rings. The number of rotatable bonds is 1. The summed E-state index contributed by atoms with van der Waals surface area (Å²) in [5, 5.41) is 0. The Bertz CT molecular complexity index is 381. The first-order chi connectivity index (χ1) is 6.36. The zero-order valence-corrected chi connectivity index (χ0v) is 8.96. The van der Waals surface area contributed by atoms with E-state index in [2.05, 4.69) is 30.8 Å². The van der Waals surface area contributed by atoms with Gasteiger partial charge >= 0.3 is 18.9 Å². The van der Waals surface area contributed by atoms with Gasteiger partial charge in [0, 0.05) is 4.90 Å². The molecule has 2 rings (SSSR count). The summed E-state index contributed by atoms with van der Waals surface area (Å²) in [5.41, 5.74) is 2.43. The van der Waals surface area contributed by atoms with Crippen molar-refractivity contribution in [2.75, 3.05) is 0 Å². The predicted octanol–water partition coefficient (Wildman–Crippen LogP) is 0.446. The van der Waals surface area contributed by atoms with E-state index in [4.69, 9.17) is 0 Å². The van der Waals surface area contributed by atoms with E-state index < -0.39 is 0 Å². The average Bonchev–Trinajstić information content (AvgIpc) is 2.20. The third kappa shape index (κ3) is 2.69. The van der Waals surface area contributed by atoms with Crippen LogP contribution in [0, 0.1) is 6.07 Å². The second-order valence-electron chi connectivity index (χ2n) is 2.84. The molecule has 0 N–H and O–H groups in total. The Kier molecular flexibility index (Phi) is 4.35. The summed E-state index contributed by atoms with van der Waals surface area (Å²) >= 11 is 4.24. The summed E-state index contributed by atoms with van der Waals surface area (Å²) in [4.78, 5) is 0.992. The summed E-state index contributed by atoms with van der Waals surface area (Å²) in [6.45, 7) is 0. The Morgan fingerprint density at radius 3 is 1.86 bits per heavy atom. The normalized spacial score (nSPS) is 9.21. The molecule has 0 unspecified atom stereocenters. The van der Waals surface area contributed by atoms with Crippen LogP contribution in [-0.4, -0.2) is 0 Å². The second-order valence-corrected chi connectivity index (χ2v) is 3.35. The van der Waals surface area contributed by atoms with E-state index >= 15 is 0 Å². The van der Waals surface area contributed by atoms with E-state index in [1.807, 2.05) is 36.4 Å². The van der Waals surface area contributed by atoms with E-state index in [-0.39, 0.29) is 18.9 Å². The number of hydrogen-bond donors (Lipinski definition) is 1. The zero-order valence-electron chi connectivity index (χ0n) is 8.07. The third-order valence-corrected chi connectivity index (χ3v) is 2.22. The Morgan fingerprint density at radius 1 is 0.786 bits per heavy atom. The standard InChI is InChI=1S/C12H9S.Li/c13-12-8-6-11(7-9-12)10-4-2-1-3-5-10;/h2-9,13H;/q-1;+1. The Labute approximate surface area is 102 Å². The fraction of sp³-hybridized carbons (Fsp3) is 0. The van der Waals surface area contributed by atoms with Crippen LogP contribution in [-0.2, 0) is 0 Å². The van der Waals surface area contributed by atoms with Crippen molar-refractivity contribution >= 4 is 12.6 Å². The fourth-order valence-electron chi connectivity index (χ4n) is 1.23. The van der Waals surface area contributed by atoms with Gasteiger partial charge in [-0.2, -0.15) is 30.3 Å². The molecule has 0 aliphatic carbocycles. The molecule has 0 radical (unpaired) electrons. The Hall–Kier alpha value is -0.613. The summed E-state index contributed by atoms with van der Waals surface area (Å²) in [7, 11) is 0. The molecule has 0 spiro atoms. The first-order valence-corrected chi connectivity index (χ1v) is 4.56. The van der Waals surface area contributed by atoms with Crippen LogP contribution < -0.4 is 18.9 Å². The Balaban J connectivity index is 0.000000980. The fourth-order valence-corrected chi connectivity index (χ4v) is 1.38. The maximum atomic E-state index is 4.24. The third-order valence-electron chi connectivity index (χ3n) is 1.92. The van der Waals surface area contributed by atoms with Crippen molar-refractivity contribution in [2.24, 2.45) is 0 Å². The maximum Gasteiger partial charge on any atom is 1.00 e. The van der Waals surface area contributed by atoms with Gasteiger partial charge in [0.1, 0.15) is 0 Å². The van der Waals surface area contributed by atoms with E-state index in [1.165, 1.54) is 11.1 Å². The van der Waals surface area contributed by atoms with Crippen molar-refractivity contribution in [3.63, 3.8) is 0 Å². The predicted molar refractivity (Wildman–Crippen MR) is 58.0 cm³/mol. The van der Waals surface area contributed by atoms with Crippen molar-refractivity contribution < 1.29 is 18.9 Å². The minimum Gasteiger partial charge on any atom is -0.184 e. The quantitative estimate of drug-likeness (QED) is 0.378. The smallest absolute Gasteiger partial charge is 0.184 e. The topological polar surface area (TPSA) is 0 Å². The van der Waals surface area contributed by atoms with Gasteiger partial charge in [0.15, 0.2) is 0 Å². The van der Waals surface area contributed by atoms with Gasteiger partial charge in [-0.05, 0) is 17.7 Å². The summed E-state index contributed by atoms with van der Waals surface area (Å²) in [6, 6.07) is 19.1. The molecule has 0 aliphatic heterocycles. The summed E-state index contributed by atoms with van der Waals surface area (Å²) < 4.78 is 0. The molecule has 0 aromatic heterocycles. The van der Waals surface area contributed by atoms with Gasteiger partial charge in [-0.3, -0.25) is 0 Å². The molecule has 0 aliphatic rings. The molecule has 2 heteroatoms. The Morgan fingerprint density at radius 2 is 1.29 bits per heavy atom. The van der Waals surface area contributed by atoms with Crippen LogP contribution in [0.3, 0.4) is 0 Å². The van der Waals surface area contributed by atoms with Crippen LogP contribution in [0.4, 0.5) is 0 Å². The first kappa shape index (κ1) is 11.5. The van der Waals surface area contributed by atoms with Gasteiger partial charge in [-0.25, -0.2) is 0 Å². The summed E-state index contributed by atoms with van der Waals surface area (Å²) in [6.07, 6.45) is 0. The minimum absolute atomic E-state index is 0. The SMILES string of the molecule is Sc1ccc(-c2cc[c-]cc2)cc1.[Li+]. The number of thiol groups is 1. The molecule has 0 saturated heterocycles. The van der Waals surface area contributed by atoms with Gasteiger partial charge in [-0.15, -0.1) is 18.2 Å². The van der Waals surface area contributed by atoms with Crippen molar-refractivity contribution in [1.29, 1.82) is 0 Å². The first-order valence-electron chi connectivity index (χ1n) is 4.12. The molecule has 0 fully saturated rings. The second kappa shape index (κ2) is 5.31. The number of hydrogen-bond acceptors (Lipinski definition) is 1. The van der Waals surface area contributed by atoms with E-state index in [0.29, 0.717) is 0 Å². The van der Waals surface area contributed by atoms with Gasteiger partial charge in [0.05, 0.1) is 0 Å². The molecule has 64 valence electrons. The zero-order chi connectivity index (χ0) is 9.10. The van der Waals surface area contributed by atoms with Gasteiger partial charge < -0.3 is 0 Å². The van der Waals surface area contributed by atoms with Gasteiger partial charge in [0.2, 0.25) is 0 Å². The van der Waals surface area contributed by atoms with Crippen molar-refractivity contribution in [2.45, 2.75) is 4.90 Å². The molecule has 0 atom stereocenters. The molecule has 14 heavy (non-hydrogen) atoms. The molecule has 0 bridgehead atoms. The van der Waals surface area contributed by atoms with Crippen LogP contribution in [0.5, 0.6) is 0 Å². The van der Waals surface area contributed by atoms with Crippen LogP contribution in [0.1, 0.15) is 0 Å². The molecular formula is C12H9LiS. The van der Waals surface area contributed by atoms with Crippen LogP contribution in [0.15, 0.2) is 53.4 Å². The molecular weight excluding hydrogens is 183 g/mol. The van der Waals surface area contributed by atoms with Crippen molar-refractivity contribution in [3.8, 4) is 11.1 Å². The number of benzene rings is 2. The molecule has 0 heterocycles. The van der Waals surface area contributed by atoms with E-state index in [1.54, 1.807) is 0 Å². The van der Waals surface area contributed by atoms with Crippen molar-refractivity contribution in [1.82, 2.24) is 0 Å². The van der Waals surface area contributed by atoms with Crippen molar-refractivity contribution in [3.05, 3.63) is 54.6 Å². The van der Waals surface area contributed by atoms with Crippen LogP contribution >= 0.6 is 12.6 Å². The largest absolute Gasteiger partial charge is 1.00 e. The van der Waals surface area contributed by atoms with Crippen LogP contribution in [0.25, 0.3) is 11.1 Å². The minimum atomic E-state index is 0. The van der Waals surface area contributed by atoms with Gasteiger partial charge in [0.25, 0.3) is 0 Å².